The molecule has 0 aliphatic carbocycles. The molecule has 3 rings (SSSR count). The second-order valence-corrected chi connectivity index (χ2v) is 8.14. The zero-order chi connectivity index (χ0) is 18.6. The minimum atomic E-state index is -3.63. The van der Waals surface area contributed by atoms with Crippen LogP contribution < -0.4 is 10.0 Å². The van der Waals surface area contributed by atoms with Gasteiger partial charge in [-0.2, -0.15) is 0 Å². The Kier molecular flexibility index (Phi) is 5.58. The number of hydrogen-bond acceptors (Lipinski definition) is 4. The zero-order valence-corrected chi connectivity index (χ0v) is 15.5. The van der Waals surface area contributed by atoms with Crippen LogP contribution in [0.1, 0.15) is 18.4 Å². The lowest BCUT2D eigenvalue weighted by Crippen LogP contribution is -2.41. The highest BCUT2D eigenvalue weighted by molar-refractivity contribution is 7.92. The summed E-state index contributed by atoms with van der Waals surface area (Å²) in [5.74, 6) is 0.0674. The lowest BCUT2D eigenvalue weighted by atomic mass is 10.1. The van der Waals surface area contributed by atoms with Crippen molar-refractivity contribution in [2.45, 2.75) is 30.3 Å². The van der Waals surface area contributed by atoms with E-state index in [1.807, 2.05) is 6.07 Å². The van der Waals surface area contributed by atoms with Crippen molar-refractivity contribution in [3.63, 3.8) is 0 Å². The summed E-state index contributed by atoms with van der Waals surface area (Å²) in [5.41, 5.74) is 1.35. The highest BCUT2D eigenvalue weighted by Crippen LogP contribution is 2.18. The predicted molar refractivity (Wildman–Crippen MR) is 101 cm³/mol. The van der Waals surface area contributed by atoms with Crippen molar-refractivity contribution < 1.29 is 13.2 Å². The molecule has 0 saturated carbocycles. The van der Waals surface area contributed by atoms with Gasteiger partial charge in [-0.1, -0.05) is 30.3 Å². The van der Waals surface area contributed by atoms with Crippen molar-refractivity contribution >= 4 is 21.6 Å². The van der Waals surface area contributed by atoms with Crippen LogP contribution in [0.4, 0.5) is 5.69 Å². The molecule has 7 heteroatoms. The van der Waals surface area contributed by atoms with Crippen molar-refractivity contribution in [3.8, 4) is 0 Å². The van der Waals surface area contributed by atoms with Crippen LogP contribution in [0.5, 0.6) is 0 Å². The Morgan fingerprint density at radius 1 is 1.19 bits per heavy atom. The molecule has 2 aromatic carbocycles. The number of benzene rings is 2. The molecule has 1 heterocycles. The summed E-state index contributed by atoms with van der Waals surface area (Å²) in [5, 5.41) is 3.20. The molecule has 1 aliphatic heterocycles. The van der Waals surface area contributed by atoms with Gasteiger partial charge in [-0.05, 0) is 49.2 Å². The number of nitrogens with one attached hydrogen (secondary N) is 2. The second kappa shape index (κ2) is 7.88. The van der Waals surface area contributed by atoms with Gasteiger partial charge in [0.25, 0.3) is 10.0 Å². The number of amides is 1. The molecule has 1 amide bonds. The van der Waals surface area contributed by atoms with Gasteiger partial charge < -0.3 is 10.2 Å². The first-order valence-electron chi connectivity index (χ1n) is 8.61. The third-order valence-electron chi connectivity index (χ3n) is 4.39. The summed E-state index contributed by atoms with van der Waals surface area (Å²) in [6.45, 7) is 1.30. The SMILES string of the molecule is CN(Cc1cccc(NS(=O)(=O)c2ccccc2)c1)C(=O)C1CCCN1. The Labute approximate surface area is 154 Å². The molecule has 138 valence electrons. The second-order valence-electron chi connectivity index (χ2n) is 6.46. The normalized spacial score (nSPS) is 17.0. The summed E-state index contributed by atoms with van der Waals surface area (Å²) >= 11 is 0. The van der Waals surface area contributed by atoms with Crippen LogP contribution in [-0.4, -0.2) is 38.9 Å². The minimum absolute atomic E-state index is 0.0674. The Bertz CT molecular complexity index is 863. The van der Waals surface area contributed by atoms with E-state index in [4.69, 9.17) is 0 Å². The van der Waals surface area contributed by atoms with Crippen molar-refractivity contribution in [1.29, 1.82) is 0 Å². The number of carbonyl (C=O) groups excluding carboxylic acids is 1. The third-order valence-corrected chi connectivity index (χ3v) is 5.78. The number of sulfonamides is 1. The van der Waals surface area contributed by atoms with Crippen LogP contribution >= 0.6 is 0 Å². The fraction of sp³-hybridized carbons (Fsp3) is 0.316. The number of anilines is 1. The van der Waals surface area contributed by atoms with E-state index in [2.05, 4.69) is 10.0 Å². The van der Waals surface area contributed by atoms with E-state index in [0.29, 0.717) is 12.2 Å². The van der Waals surface area contributed by atoms with E-state index in [9.17, 15) is 13.2 Å². The Morgan fingerprint density at radius 3 is 2.65 bits per heavy atom. The Morgan fingerprint density at radius 2 is 1.96 bits per heavy atom. The first-order valence-corrected chi connectivity index (χ1v) is 10.1. The zero-order valence-electron chi connectivity index (χ0n) is 14.7. The topological polar surface area (TPSA) is 78.5 Å². The molecule has 0 aromatic heterocycles. The molecule has 6 nitrogen and oxygen atoms in total. The van der Waals surface area contributed by atoms with Crippen molar-refractivity contribution in [3.05, 3.63) is 60.2 Å². The van der Waals surface area contributed by atoms with E-state index < -0.39 is 10.0 Å². The predicted octanol–water partition coefficient (Wildman–Crippen LogP) is 2.20. The van der Waals surface area contributed by atoms with E-state index in [1.165, 1.54) is 0 Å². The van der Waals surface area contributed by atoms with E-state index in [0.717, 1.165) is 24.9 Å². The van der Waals surface area contributed by atoms with Gasteiger partial charge in [0, 0.05) is 19.3 Å². The maximum absolute atomic E-state index is 12.4. The van der Waals surface area contributed by atoms with Gasteiger partial charge in [0.2, 0.25) is 5.91 Å². The molecule has 26 heavy (non-hydrogen) atoms. The van der Waals surface area contributed by atoms with Gasteiger partial charge >= 0.3 is 0 Å². The van der Waals surface area contributed by atoms with Crippen molar-refractivity contribution in [2.75, 3.05) is 18.3 Å². The van der Waals surface area contributed by atoms with Crippen LogP contribution in [0.3, 0.4) is 0 Å². The molecule has 2 N–H and O–H groups in total. The first kappa shape index (κ1) is 18.4. The molecular weight excluding hydrogens is 350 g/mol. The standard InChI is InChI=1S/C19H23N3O3S/c1-22(19(23)18-11-6-12-20-18)14-15-7-5-8-16(13-15)21-26(24,25)17-9-3-2-4-10-17/h2-5,7-10,13,18,20-21H,6,11-12,14H2,1H3. The van der Waals surface area contributed by atoms with Gasteiger partial charge in [0.15, 0.2) is 0 Å². The molecule has 1 unspecified atom stereocenters. The average Bonchev–Trinajstić information content (AvgIpc) is 3.16. The van der Waals surface area contributed by atoms with Gasteiger partial charge in [0.1, 0.15) is 0 Å². The van der Waals surface area contributed by atoms with Crippen LogP contribution in [0.15, 0.2) is 59.5 Å². The van der Waals surface area contributed by atoms with Gasteiger partial charge in [-0.15, -0.1) is 0 Å². The molecule has 2 aromatic rings. The van der Waals surface area contributed by atoms with Crippen LogP contribution in [0.2, 0.25) is 0 Å². The minimum Gasteiger partial charge on any atom is -0.340 e. The number of likely N-dealkylation sites (N-methyl/N-ethyl adjacent to an activating group) is 1. The van der Waals surface area contributed by atoms with E-state index in [1.54, 1.807) is 60.5 Å². The third kappa shape index (κ3) is 4.42. The van der Waals surface area contributed by atoms with Crippen LogP contribution in [-0.2, 0) is 21.4 Å². The maximum Gasteiger partial charge on any atom is 0.261 e. The van der Waals surface area contributed by atoms with E-state index in [-0.39, 0.29) is 16.8 Å². The first-order chi connectivity index (χ1) is 12.5. The lowest BCUT2D eigenvalue weighted by molar-refractivity contribution is -0.132. The smallest absolute Gasteiger partial charge is 0.261 e. The number of carbonyl (C=O) groups is 1. The molecule has 0 spiro atoms. The van der Waals surface area contributed by atoms with Gasteiger partial charge in [-0.3, -0.25) is 9.52 Å². The number of hydrogen-bond donors (Lipinski definition) is 2. The molecule has 1 atom stereocenters. The average molecular weight is 373 g/mol. The van der Waals surface area contributed by atoms with Crippen molar-refractivity contribution in [2.24, 2.45) is 0 Å². The molecule has 0 radical (unpaired) electrons. The highest BCUT2D eigenvalue weighted by atomic mass is 32.2. The molecule has 1 saturated heterocycles. The fourth-order valence-electron chi connectivity index (χ4n) is 3.06. The number of rotatable bonds is 6. The lowest BCUT2D eigenvalue weighted by Gasteiger charge is -2.21. The summed E-state index contributed by atoms with van der Waals surface area (Å²) in [6.07, 6.45) is 1.88. The highest BCUT2D eigenvalue weighted by Gasteiger charge is 2.25. The summed E-state index contributed by atoms with van der Waals surface area (Å²) < 4.78 is 27.5. The summed E-state index contributed by atoms with van der Waals surface area (Å²) in [4.78, 5) is 14.3. The fourth-order valence-corrected chi connectivity index (χ4v) is 4.13. The van der Waals surface area contributed by atoms with E-state index >= 15 is 0 Å². The number of nitrogens with zero attached hydrogens (tertiary/aromatic N) is 1. The molecule has 0 bridgehead atoms. The molecular formula is C19H23N3O3S. The van der Waals surface area contributed by atoms with Crippen LogP contribution in [0, 0.1) is 0 Å². The molecule has 1 aliphatic rings. The quantitative estimate of drug-likeness (QED) is 0.814. The summed E-state index contributed by atoms with van der Waals surface area (Å²) in [7, 11) is -1.86. The van der Waals surface area contributed by atoms with Crippen molar-refractivity contribution in [1.82, 2.24) is 10.2 Å². The maximum atomic E-state index is 12.4. The summed E-state index contributed by atoms with van der Waals surface area (Å²) in [6, 6.07) is 15.2. The molecule has 1 fully saturated rings. The van der Waals surface area contributed by atoms with Gasteiger partial charge in [0.05, 0.1) is 10.9 Å². The van der Waals surface area contributed by atoms with Crippen LogP contribution in [0.25, 0.3) is 0 Å². The van der Waals surface area contributed by atoms with Gasteiger partial charge in [-0.25, -0.2) is 8.42 Å². The largest absolute Gasteiger partial charge is 0.340 e. The Hall–Kier alpha value is -2.38. The Balaban J connectivity index is 1.69. The monoisotopic (exact) mass is 373 g/mol.